The van der Waals surface area contributed by atoms with E-state index in [1.807, 2.05) is 32.3 Å². The van der Waals surface area contributed by atoms with Gasteiger partial charge in [-0.2, -0.15) is 0 Å². The van der Waals surface area contributed by atoms with Crippen LogP contribution in [0.4, 0.5) is 10.5 Å². The Bertz CT molecular complexity index is 1070. The molecule has 0 aliphatic carbocycles. The largest absolute Gasteiger partial charge is 0.447 e. The van der Waals surface area contributed by atoms with Gasteiger partial charge in [0.2, 0.25) is 0 Å². The Morgan fingerprint density at radius 2 is 1.85 bits per heavy atom. The molecule has 0 saturated carbocycles. The first kappa shape index (κ1) is 25.3. The molecule has 0 bridgehead atoms. The van der Waals surface area contributed by atoms with Gasteiger partial charge >= 0.3 is 6.09 Å². The summed E-state index contributed by atoms with van der Waals surface area (Å²) in [5.41, 5.74) is 1.43. The number of carbonyl (C=O) groups excluding carboxylic acids is 1. The van der Waals surface area contributed by atoms with E-state index < -0.39 is 22.2 Å². The van der Waals surface area contributed by atoms with Crippen LogP contribution in [0.2, 0.25) is 5.02 Å². The monoisotopic (exact) mass is 493 g/mol. The van der Waals surface area contributed by atoms with Crippen molar-refractivity contribution < 1.29 is 17.9 Å². The lowest BCUT2D eigenvalue weighted by molar-refractivity contribution is 0.130. The fourth-order valence-electron chi connectivity index (χ4n) is 4.22. The lowest BCUT2D eigenvalue weighted by atomic mass is 9.93. The quantitative estimate of drug-likeness (QED) is 0.597. The van der Waals surface area contributed by atoms with Crippen molar-refractivity contribution in [1.82, 2.24) is 10.2 Å². The molecule has 1 N–H and O–H groups in total. The highest BCUT2D eigenvalue weighted by Gasteiger charge is 2.36. The van der Waals surface area contributed by atoms with Crippen molar-refractivity contribution >= 4 is 33.4 Å². The zero-order valence-corrected chi connectivity index (χ0v) is 21.1. The molecule has 0 radical (unpaired) electrons. The van der Waals surface area contributed by atoms with Gasteiger partial charge in [0.1, 0.15) is 6.61 Å². The maximum atomic E-state index is 13.6. The number of fused-ring (bicyclic) bond motifs is 1. The predicted octanol–water partition coefficient (Wildman–Crippen LogP) is 4.16. The summed E-state index contributed by atoms with van der Waals surface area (Å²) in [6.45, 7) is 5.34. The number of alkyl carbamates (subject to hydrolysis) is 1. The van der Waals surface area contributed by atoms with Crippen LogP contribution in [0.3, 0.4) is 0 Å². The van der Waals surface area contributed by atoms with Crippen LogP contribution in [0, 0.1) is 5.41 Å². The van der Waals surface area contributed by atoms with Gasteiger partial charge in [-0.05, 0) is 68.2 Å². The number of nitrogens with one attached hydrogen (secondary N) is 1. The van der Waals surface area contributed by atoms with E-state index in [9.17, 15) is 13.2 Å². The van der Waals surface area contributed by atoms with E-state index in [2.05, 4.69) is 24.1 Å². The number of ether oxygens (including phenoxy) is 1. The number of hydrogen-bond acceptors (Lipinski definition) is 5. The summed E-state index contributed by atoms with van der Waals surface area (Å²) in [5, 5.41) is 3.27. The summed E-state index contributed by atoms with van der Waals surface area (Å²) in [7, 11) is 0.0849. The van der Waals surface area contributed by atoms with E-state index in [-0.39, 0.29) is 16.9 Å². The van der Waals surface area contributed by atoms with E-state index in [4.69, 9.17) is 16.3 Å². The number of aryl methyl sites for hydroxylation is 1. The van der Waals surface area contributed by atoms with Gasteiger partial charge < -0.3 is 15.0 Å². The van der Waals surface area contributed by atoms with Crippen molar-refractivity contribution in [3.8, 4) is 0 Å². The van der Waals surface area contributed by atoms with E-state index in [0.717, 1.165) is 12.1 Å². The summed E-state index contributed by atoms with van der Waals surface area (Å²) in [6.07, 6.45) is 0.696. The average molecular weight is 494 g/mol. The van der Waals surface area contributed by atoms with Crippen LogP contribution in [0.25, 0.3) is 0 Å². The number of sulfonamides is 1. The van der Waals surface area contributed by atoms with Crippen LogP contribution >= 0.6 is 11.6 Å². The molecule has 2 aromatic rings. The first-order valence-corrected chi connectivity index (χ1v) is 12.7. The van der Waals surface area contributed by atoms with Crippen molar-refractivity contribution in [1.29, 1.82) is 0 Å². The number of amides is 1. The molecule has 33 heavy (non-hydrogen) atoms. The highest BCUT2D eigenvalue weighted by atomic mass is 35.5. The Kier molecular flexibility index (Phi) is 7.92. The third kappa shape index (κ3) is 6.40. The lowest BCUT2D eigenvalue weighted by Crippen LogP contribution is -2.47. The van der Waals surface area contributed by atoms with Crippen molar-refractivity contribution in [2.45, 2.75) is 37.6 Å². The van der Waals surface area contributed by atoms with Crippen LogP contribution in [0.1, 0.15) is 25.8 Å². The minimum atomic E-state index is -3.88. The van der Waals surface area contributed by atoms with Crippen LogP contribution < -0.4 is 9.62 Å². The molecule has 0 fully saturated rings. The fraction of sp³-hybridized carbons (Fsp3) is 0.458. The predicted molar refractivity (Wildman–Crippen MR) is 131 cm³/mol. The van der Waals surface area contributed by atoms with Crippen molar-refractivity contribution in [3.63, 3.8) is 0 Å². The fourth-order valence-corrected chi connectivity index (χ4v) is 6.05. The van der Waals surface area contributed by atoms with Crippen molar-refractivity contribution in [3.05, 3.63) is 59.1 Å². The second-order valence-corrected chi connectivity index (χ2v) is 11.7. The number of para-hydroxylation sites is 1. The van der Waals surface area contributed by atoms with Gasteiger partial charge in [-0.3, -0.25) is 4.31 Å². The second kappa shape index (κ2) is 10.3. The average Bonchev–Trinajstić information content (AvgIpc) is 2.75. The summed E-state index contributed by atoms with van der Waals surface area (Å²) in [6, 6.07) is 13.0. The number of benzene rings is 2. The van der Waals surface area contributed by atoms with Crippen LogP contribution in [0.5, 0.6) is 0 Å². The minimum Gasteiger partial charge on any atom is -0.447 e. The van der Waals surface area contributed by atoms with E-state index in [0.29, 0.717) is 30.1 Å². The molecule has 0 saturated heterocycles. The summed E-state index contributed by atoms with van der Waals surface area (Å²) >= 11 is 5.96. The first-order valence-electron chi connectivity index (χ1n) is 10.9. The molecule has 1 amide bonds. The topological polar surface area (TPSA) is 79.0 Å². The lowest BCUT2D eigenvalue weighted by Gasteiger charge is -2.37. The smallest absolute Gasteiger partial charge is 0.407 e. The molecule has 1 heterocycles. The Morgan fingerprint density at radius 1 is 1.18 bits per heavy atom. The van der Waals surface area contributed by atoms with Gasteiger partial charge in [0.15, 0.2) is 0 Å². The number of rotatable bonds is 8. The van der Waals surface area contributed by atoms with Crippen LogP contribution in [-0.2, 0) is 21.2 Å². The standard InChI is InChI=1S/C24H32ClN3O4S/c1-24(2,17-27(3)4)16-26-23(29)32-15-20-12-9-18-7-5-6-8-22(18)28(20)33(30,31)21-13-10-19(25)11-14-21/h5-8,10-11,13-14,20H,9,12,15-17H2,1-4H3,(H,26,29). The Balaban J connectivity index is 1.77. The molecule has 180 valence electrons. The summed E-state index contributed by atoms with van der Waals surface area (Å²) in [5.74, 6) is 0. The molecule has 2 aromatic carbocycles. The zero-order chi connectivity index (χ0) is 24.2. The second-order valence-electron chi connectivity index (χ2n) is 9.43. The highest BCUT2D eigenvalue weighted by Crippen LogP contribution is 2.35. The van der Waals surface area contributed by atoms with Gasteiger partial charge in [0, 0.05) is 18.1 Å². The molecule has 7 nitrogen and oxygen atoms in total. The van der Waals surface area contributed by atoms with Crippen LogP contribution in [0.15, 0.2) is 53.4 Å². The van der Waals surface area contributed by atoms with E-state index in [1.54, 1.807) is 18.2 Å². The molecule has 1 atom stereocenters. The third-order valence-corrected chi connectivity index (χ3v) is 7.67. The number of hydrogen-bond donors (Lipinski definition) is 1. The van der Waals surface area contributed by atoms with Crippen molar-refractivity contribution in [2.75, 3.05) is 38.1 Å². The van der Waals surface area contributed by atoms with Crippen LogP contribution in [-0.4, -0.2) is 59.2 Å². The van der Waals surface area contributed by atoms with Gasteiger partial charge in [0.25, 0.3) is 10.0 Å². The molecule has 0 aromatic heterocycles. The molecular weight excluding hydrogens is 462 g/mol. The number of nitrogens with zero attached hydrogens (tertiary/aromatic N) is 2. The minimum absolute atomic E-state index is 0.0406. The first-order chi connectivity index (χ1) is 15.5. The van der Waals surface area contributed by atoms with Gasteiger partial charge in [-0.15, -0.1) is 0 Å². The molecule has 3 rings (SSSR count). The Labute approximate surface area is 201 Å². The number of anilines is 1. The number of halogens is 1. The SMILES string of the molecule is CN(C)CC(C)(C)CNC(=O)OCC1CCc2ccccc2N1S(=O)(=O)c1ccc(Cl)cc1. The Hall–Kier alpha value is -2.29. The van der Waals surface area contributed by atoms with Crippen molar-refractivity contribution in [2.24, 2.45) is 5.41 Å². The maximum absolute atomic E-state index is 13.6. The van der Waals surface area contributed by atoms with Gasteiger partial charge in [-0.25, -0.2) is 13.2 Å². The third-order valence-electron chi connectivity index (χ3n) is 5.54. The molecule has 1 aliphatic heterocycles. The Morgan fingerprint density at radius 3 is 2.52 bits per heavy atom. The van der Waals surface area contributed by atoms with Gasteiger partial charge in [0.05, 0.1) is 16.6 Å². The van der Waals surface area contributed by atoms with Gasteiger partial charge in [-0.1, -0.05) is 43.6 Å². The molecule has 9 heteroatoms. The van der Waals surface area contributed by atoms with E-state index in [1.165, 1.54) is 16.4 Å². The summed E-state index contributed by atoms with van der Waals surface area (Å²) < 4.78 is 34.1. The number of carbonyl (C=O) groups is 1. The molecule has 1 aliphatic rings. The summed E-state index contributed by atoms with van der Waals surface area (Å²) in [4.78, 5) is 14.6. The zero-order valence-electron chi connectivity index (χ0n) is 19.5. The molecule has 1 unspecified atom stereocenters. The van der Waals surface area contributed by atoms with E-state index >= 15 is 0 Å². The highest BCUT2D eigenvalue weighted by molar-refractivity contribution is 7.92. The maximum Gasteiger partial charge on any atom is 0.407 e. The normalized spacial score (nSPS) is 16.4. The molecule has 0 spiro atoms. The molecular formula is C24H32ClN3O4S.